The highest BCUT2D eigenvalue weighted by atomic mass is 16.5. The summed E-state index contributed by atoms with van der Waals surface area (Å²) in [6.45, 7) is 6.62. The van der Waals surface area contributed by atoms with Crippen LogP contribution < -0.4 is 5.32 Å². The molecule has 24 heavy (non-hydrogen) atoms. The molecular weight excluding hydrogens is 308 g/mol. The van der Waals surface area contributed by atoms with Gasteiger partial charge in [-0.1, -0.05) is 12.1 Å². The minimum Gasteiger partial charge on any atom is -0.466 e. The Morgan fingerprint density at radius 3 is 2.75 bits per heavy atom. The van der Waals surface area contributed by atoms with E-state index in [0.717, 1.165) is 11.1 Å². The summed E-state index contributed by atoms with van der Waals surface area (Å²) in [6, 6.07) is 5.55. The fraction of sp³-hybridized carbons (Fsp3) is 0.500. The van der Waals surface area contributed by atoms with Crippen LogP contribution in [0.5, 0.6) is 0 Å². The summed E-state index contributed by atoms with van der Waals surface area (Å²) in [6.07, 6.45) is 1.37. The van der Waals surface area contributed by atoms with Gasteiger partial charge in [0.05, 0.1) is 12.5 Å². The summed E-state index contributed by atoms with van der Waals surface area (Å²) in [7, 11) is 0. The van der Waals surface area contributed by atoms with Gasteiger partial charge in [0.15, 0.2) is 0 Å². The molecule has 0 bridgehead atoms. The van der Waals surface area contributed by atoms with Crippen molar-refractivity contribution >= 4 is 23.5 Å². The molecule has 130 valence electrons. The fourth-order valence-electron chi connectivity index (χ4n) is 2.82. The van der Waals surface area contributed by atoms with E-state index in [9.17, 15) is 14.4 Å². The Balaban J connectivity index is 2.01. The first-order valence-corrected chi connectivity index (χ1v) is 8.27. The normalized spacial score (nSPS) is 17.3. The summed E-state index contributed by atoms with van der Waals surface area (Å²) in [4.78, 5) is 37.9. The third kappa shape index (κ3) is 4.13. The van der Waals surface area contributed by atoms with E-state index in [4.69, 9.17) is 4.74 Å². The van der Waals surface area contributed by atoms with Gasteiger partial charge in [-0.05, 0) is 50.8 Å². The molecule has 1 fully saturated rings. The van der Waals surface area contributed by atoms with Crippen LogP contribution in [-0.2, 0) is 19.1 Å². The Hall–Kier alpha value is -2.37. The van der Waals surface area contributed by atoms with Gasteiger partial charge in [0, 0.05) is 18.8 Å². The van der Waals surface area contributed by atoms with E-state index in [1.165, 1.54) is 4.90 Å². The number of nitrogens with zero attached hydrogens (tertiary/aromatic N) is 1. The van der Waals surface area contributed by atoms with Crippen LogP contribution in [0.25, 0.3) is 0 Å². The maximum absolute atomic E-state index is 12.4. The number of nitrogens with one attached hydrogen (secondary N) is 1. The van der Waals surface area contributed by atoms with Gasteiger partial charge in [0.1, 0.15) is 0 Å². The van der Waals surface area contributed by atoms with E-state index in [1.807, 2.05) is 26.0 Å². The molecule has 2 rings (SSSR count). The van der Waals surface area contributed by atoms with Crippen LogP contribution in [0.15, 0.2) is 18.2 Å². The first-order valence-electron chi connectivity index (χ1n) is 8.27. The zero-order chi connectivity index (χ0) is 17.7. The number of aryl methyl sites for hydroxylation is 1. The molecule has 0 aliphatic carbocycles. The quantitative estimate of drug-likeness (QED) is 0.679. The Kier molecular flexibility index (Phi) is 5.95. The van der Waals surface area contributed by atoms with Crippen molar-refractivity contribution in [3.8, 4) is 0 Å². The molecule has 1 saturated heterocycles. The first kappa shape index (κ1) is 18.0. The Bertz CT molecular complexity index is 642. The minimum absolute atomic E-state index is 0.234. The van der Waals surface area contributed by atoms with E-state index >= 15 is 0 Å². The fourth-order valence-corrected chi connectivity index (χ4v) is 2.82. The minimum atomic E-state index is -0.673. The summed E-state index contributed by atoms with van der Waals surface area (Å²) in [5, 5.41) is 2.67. The van der Waals surface area contributed by atoms with E-state index in [0.29, 0.717) is 31.7 Å². The van der Waals surface area contributed by atoms with Gasteiger partial charge in [0.2, 0.25) is 0 Å². The zero-order valence-electron chi connectivity index (χ0n) is 14.4. The van der Waals surface area contributed by atoms with Crippen molar-refractivity contribution in [2.45, 2.75) is 33.6 Å². The third-order valence-corrected chi connectivity index (χ3v) is 4.38. The number of rotatable bonds is 3. The van der Waals surface area contributed by atoms with Crippen molar-refractivity contribution in [1.29, 1.82) is 0 Å². The van der Waals surface area contributed by atoms with Crippen molar-refractivity contribution in [2.24, 2.45) is 5.92 Å². The van der Waals surface area contributed by atoms with Crippen molar-refractivity contribution in [3.63, 3.8) is 0 Å². The number of anilines is 1. The van der Waals surface area contributed by atoms with Gasteiger partial charge < -0.3 is 15.0 Å². The van der Waals surface area contributed by atoms with Gasteiger partial charge in [-0.15, -0.1) is 0 Å². The number of likely N-dealkylation sites (tertiary alicyclic amines) is 1. The van der Waals surface area contributed by atoms with Crippen LogP contribution in [0, 0.1) is 19.8 Å². The summed E-state index contributed by atoms with van der Waals surface area (Å²) in [5.74, 6) is -1.93. The van der Waals surface area contributed by atoms with E-state index in [-0.39, 0.29) is 18.4 Å². The second-order valence-corrected chi connectivity index (χ2v) is 6.04. The summed E-state index contributed by atoms with van der Waals surface area (Å²) < 4.78 is 5.02. The maximum atomic E-state index is 12.4. The molecule has 1 N–H and O–H groups in total. The molecule has 1 aliphatic heterocycles. The largest absolute Gasteiger partial charge is 0.466 e. The average Bonchev–Trinajstić information content (AvgIpc) is 2.58. The number of hydrogen-bond donors (Lipinski definition) is 1. The molecule has 6 heteroatoms. The van der Waals surface area contributed by atoms with E-state index < -0.39 is 11.8 Å². The molecule has 2 amide bonds. The summed E-state index contributed by atoms with van der Waals surface area (Å²) >= 11 is 0. The predicted molar refractivity (Wildman–Crippen MR) is 90.5 cm³/mol. The number of esters is 1. The predicted octanol–water partition coefficient (Wildman–Crippen LogP) is 2.04. The molecule has 0 aromatic heterocycles. The first-order chi connectivity index (χ1) is 11.4. The molecule has 1 aliphatic rings. The monoisotopic (exact) mass is 332 g/mol. The highest BCUT2D eigenvalue weighted by molar-refractivity contribution is 6.39. The van der Waals surface area contributed by atoms with Crippen LogP contribution in [-0.4, -0.2) is 42.4 Å². The van der Waals surface area contributed by atoms with Crippen molar-refractivity contribution in [1.82, 2.24) is 4.90 Å². The van der Waals surface area contributed by atoms with Crippen molar-refractivity contribution in [3.05, 3.63) is 29.3 Å². The SMILES string of the molecule is CCOC(=O)C1CCCN(C(=O)C(=O)Nc2cccc(C)c2C)C1. The molecule has 0 saturated carbocycles. The second kappa shape index (κ2) is 7.95. The van der Waals surface area contributed by atoms with Gasteiger partial charge in [-0.3, -0.25) is 14.4 Å². The van der Waals surface area contributed by atoms with Gasteiger partial charge in [-0.25, -0.2) is 0 Å². The lowest BCUT2D eigenvalue weighted by molar-refractivity contribution is -0.153. The van der Waals surface area contributed by atoms with Gasteiger partial charge >= 0.3 is 17.8 Å². The number of benzene rings is 1. The lowest BCUT2D eigenvalue weighted by atomic mass is 9.98. The van der Waals surface area contributed by atoms with Crippen LogP contribution in [0.2, 0.25) is 0 Å². The lowest BCUT2D eigenvalue weighted by Crippen LogP contribution is -2.47. The van der Waals surface area contributed by atoms with E-state index in [1.54, 1.807) is 13.0 Å². The molecule has 0 radical (unpaired) electrons. The number of ether oxygens (including phenoxy) is 1. The molecular formula is C18H24N2O4. The Labute approximate surface area is 142 Å². The Morgan fingerprint density at radius 1 is 1.29 bits per heavy atom. The van der Waals surface area contributed by atoms with Crippen LogP contribution in [0.4, 0.5) is 5.69 Å². The molecule has 0 spiro atoms. The van der Waals surface area contributed by atoms with Crippen LogP contribution in [0.3, 0.4) is 0 Å². The van der Waals surface area contributed by atoms with E-state index in [2.05, 4.69) is 5.32 Å². The topological polar surface area (TPSA) is 75.7 Å². The van der Waals surface area contributed by atoms with Crippen LogP contribution >= 0.6 is 0 Å². The third-order valence-electron chi connectivity index (χ3n) is 4.38. The molecule has 1 heterocycles. The lowest BCUT2D eigenvalue weighted by Gasteiger charge is -2.31. The smallest absolute Gasteiger partial charge is 0.313 e. The standard InChI is InChI=1S/C18H24N2O4/c1-4-24-18(23)14-8-6-10-20(11-14)17(22)16(21)19-15-9-5-7-12(2)13(15)3/h5,7,9,14H,4,6,8,10-11H2,1-3H3,(H,19,21). The zero-order valence-corrected chi connectivity index (χ0v) is 14.4. The van der Waals surface area contributed by atoms with Gasteiger partial charge in [0.25, 0.3) is 0 Å². The highest BCUT2D eigenvalue weighted by Gasteiger charge is 2.32. The highest BCUT2D eigenvalue weighted by Crippen LogP contribution is 2.20. The summed E-state index contributed by atoms with van der Waals surface area (Å²) in [5.41, 5.74) is 2.61. The van der Waals surface area contributed by atoms with Crippen molar-refractivity contribution < 1.29 is 19.1 Å². The number of amides is 2. The number of piperidine rings is 1. The number of carbonyl (C=O) groups is 3. The van der Waals surface area contributed by atoms with Crippen molar-refractivity contribution in [2.75, 3.05) is 25.0 Å². The maximum Gasteiger partial charge on any atom is 0.313 e. The Morgan fingerprint density at radius 2 is 2.04 bits per heavy atom. The molecule has 1 unspecified atom stereocenters. The average molecular weight is 332 g/mol. The second-order valence-electron chi connectivity index (χ2n) is 6.04. The van der Waals surface area contributed by atoms with Gasteiger partial charge in [-0.2, -0.15) is 0 Å². The molecule has 1 aromatic rings. The van der Waals surface area contributed by atoms with Crippen LogP contribution in [0.1, 0.15) is 30.9 Å². The molecule has 6 nitrogen and oxygen atoms in total. The molecule has 1 atom stereocenters. The number of hydrogen-bond acceptors (Lipinski definition) is 4. The molecule has 1 aromatic carbocycles. The number of carbonyl (C=O) groups excluding carboxylic acids is 3.